The number of amides is 1. The number of piperidine rings is 1. The fourth-order valence-corrected chi connectivity index (χ4v) is 2.05. The molecule has 5 heteroatoms. The highest BCUT2D eigenvalue weighted by atomic mass is 35.5. The molecule has 0 radical (unpaired) electrons. The normalized spacial score (nSPS) is 15.8. The van der Waals surface area contributed by atoms with Crippen LogP contribution in [0.25, 0.3) is 0 Å². The van der Waals surface area contributed by atoms with Crippen LogP contribution in [-0.2, 0) is 11.3 Å². The van der Waals surface area contributed by atoms with Gasteiger partial charge in [-0.25, -0.2) is 4.39 Å². The Kier molecular flexibility index (Phi) is 6.09. The molecule has 0 unspecified atom stereocenters. The molecule has 1 aromatic rings. The van der Waals surface area contributed by atoms with Crippen LogP contribution < -0.4 is 10.6 Å². The SMILES string of the molecule is Cl.O=C(NCc1ccccc1F)C1CCNCC1. The van der Waals surface area contributed by atoms with Crippen LogP contribution in [0.4, 0.5) is 4.39 Å². The summed E-state index contributed by atoms with van der Waals surface area (Å²) in [5.41, 5.74) is 0.537. The molecule has 0 aliphatic carbocycles. The van der Waals surface area contributed by atoms with Gasteiger partial charge in [0.05, 0.1) is 0 Å². The predicted molar refractivity (Wildman–Crippen MR) is 71.1 cm³/mol. The number of hydrogen-bond donors (Lipinski definition) is 2. The topological polar surface area (TPSA) is 41.1 Å². The van der Waals surface area contributed by atoms with E-state index in [0.717, 1.165) is 25.9 Å². The van der Waals surface area contributed by atoms with E-state index in [-0.39, 0.29) is 36.6 Å². The van der Waals surface area contributed by atoms with Crippen LogP contribution in [0.3, 0.4) is 0 Å². The lowest BCUT2D eigenvalue weighted by Gasteiger charge is -2.21. The molecule has 1 aromatic carbocycles. The molecule has 100 valence electrons. The van der Waals surface area contributed by atoms with Crippen LogP contribution in [0.1, 0.15) is 18.4 Å². The standard InChI is InChI=1S/C13H17FN2O.ClH/c14-12-4-2-1-3-11(12)9-16-13(17)10-5-7-15-8-6-10;/h1-4,10,15H,5-9H2,(H,16,17);1H. The largest absolute Gasteiger partial charge is 0.352 e. The van der Waals surface area contributed by atoms with Gasteiger partial charge < -0.3 is 10.6 Å². The molecule has 1 aliphatic rings. The Morgan fingerprint density at radius 1 is 1.33 bits per heavy atom. The number of hydrogen-bond acceptors (Lipinski definition) is 2. The first-order valence-corrected chi connectivity index (χ1v) is 5.99. The molecule has 3 nitrogen and oxygen atoms in total. The Labute approximate surface area is 113 Å². The van der Waals surface area contributed by atoms with Crippen LogP contribution in [0.5, 0.6) is 0 Å². The number of rotatable bonds is 3. The van der Waals surface area contributed by atoms with Gasteiger partial charge in [0.25, 0.3) is 0 Å². The van der Waals surface area contributed by atoms with Crippen LogP contribution >= 0.6 is 12.4 Å². The Bertz CT molecular complexity index is 394. The average molecular weight is 273 g/mol. The van der Waals surface area contributed by atoms with Crippen molar-refractivity contribution < 1.29 is 9.18 Å². The zero-order chi connectivity index (χ0) is 12.1. The fraction of sp³-hybridized carbons (Fsp3) is 0.462. The first-order valence-electron chi connectivity index (χ1n) is 5.99. The van der Waals surface area contributed by atoms with Gasteiger partial charge >= 0.3 is 0 Å². The van der Waals surface area contributed by atoms with Crippen molar-refractivity contribution in [2.75, 3.05) is 13.1 Å². The minimum atomic E-state index is -0.266. The molecule has 1 heterocycles. The van der Waals surface area contributed by atoms with Gasteiger partial charge in [-0.1, -0.05) is 18.2 Å². The van der Waals surface area contributed by atoms with Gasteiger partial charge in [-0.05, 0) is 32.0 Å². The highest BCUT2D eigenvalue weighted by Crippen LogP contribution is 2.12. The monoisotopic (exact) mass is 272 g/mol. The average Bonchev–Trinajstić information content (AvgIpc) is 2.38. The molecule has 1 saturated heterocycles. The van der Waals surface area contributed by atoms with Crippen LogP contribution in [0.15, 0.2) is 24.3 Å². The van der Waals surface area contributed by atoms with Gasteiger partial charge in [0.1, 0.15) is 5.82 Å². The maximum atomic E-state index is 13.3. The number of nitrogens with one attached hydrogen (secondary N) is 2. The molecule has 18 heavy (non-hydrogen) atoms. The van der Waals surface area contributed by atoms with Gasteiger partial charge in [0, 0.05) is 18.0 Å². The van der Waals surface area contributed by atoms with E-state index in [9.17, 15) is 9.18 Å². The molecule has 0 spiro atoms. The minimum absolute atomic E-state index is 0. The predicted octanol–water partition coefficient (Wildman–Crippen LogP) is 1.86. The maximum Gasteiger partial charge on any atom is 0.223 e. The van der Waals surface area contributed by atoms with Crippen LogP contribution in [0, 0.1) is 11.7 Å². The molecule has 2 rings (SSSR count). The molecular formula is C13H18ClFN2O. The summed E-state index contributed by atoms with van der Waals surface area (Å²) in [6.45, 7) is 2.05. The maximum absolute atomic E-state index is 13.3. The van der Waals surface area contributed by atoms with Crippen molar-refractivity contribution in [1.82, 2.24) is 10.6 Å². The van der Waals surface area contributed by atoms with E-state index in [1.54, 1.807) is 18.2 Å². The van der Waals surface area contributed by atoms with E-state index >= 15 is 0 Å². The molecule has 1 amide bonds. The number of benzene rings is 1. The first kappa shape index (κ1) is 14.9. The van der Waals surface area contributed by atoms with Gasteiger partial charge in [-0.15, -0.1) is 12.4 Å². The molecule has 0 bridgehead atoms. The lowest BCUT2D eigenvalue weighted by molar-refractivity contribution is -0.125. The molecular weight excluding hydrogens is 255 g/mol. The summed E-state index contributed by atoms with van der Waals surface area (Å²) in [4.78, 5) is 11.8. The van der Waals surface area contributed by atoms with E-state index in [0.29, 0.717) is 5.56 Å². The highest BCUT2D eigenvalue weighted by Gasteiger charge is 2.20. The van der Waals surface area contributed by atoms with Gasteiger partial charge in [0.15, 0.2) is 0 Å². The third kappa shape index (κ3) is 3.96. The van der Waals surface area contributed by atoms with Crippen LogP contribution in [0.2, 0.25) is 0 Å². The Morgan fingerprint density at radius 3 is 2.67 bits per heavy atom. The van der Waals surface area contributed by atoms with Crippen molar-refractivity contribution in [3.8, 4) is 0 Å². The highest BCUT2D eigenvalue weighted by molar-refractivity contribution is 5.85. The van der Waals surface area contributed by atoms with Crippen LogP contribution in [-0.4, -0.2) is 19.0 Å². The lowest BCUT2D eigenvalue weighted by atomic mass is 9.97. The summed E-state index contributed by atoms with van der Waals surface area (Å²) in [7, 11) is 0. The smallest absolute Gasteiger partial charge is 0.223 e. The van der Waals surface area contributed by atoms with E-state index in [4.69, 9.17) is 0 Å². The number of carbonyl (C=O) groups is 1. The summed E-state index contributed by atoms with van der Waals surface area (Å²) in [5, 5.41) is 6.02. The quantitative estimate of drug-likeness (QED) is 0.882. The van der Waals surface area contributed by atoms with Gasteiger partial charge in [-0.3, -0.25) is 4.79 Å². The van der Waals surface area contributed by atoms with E-state index in [2.05, 4.69) is 10.6 Å². The molecule has 0 atom stereocenters. The second-order valence-electron chi connectivity index (χ2n) is 4.33. The third-order valence-electron chi connectivity index (χ3n) is 3.12. The second kappa shape index (κ2) is 7.34. The van der Waals surface area contributed by atoms with Crippen molar-refractivity contribution >= 4 is 18.3 Å². The first-order chi connectivity index (χ1) is 8.27. The van der Waals surface area contributed by atoms with Crippen molar-refractivity contribution in [3.05, 3.63) is 35.6 Å². The van der Waals surface area contributed by atoms with Crippen molar-refractivity contribution in [2.45, 2.75) is 19.4 Å². The molecule has 2 N–H and O–H groups in total. The summed E-state index contributed by atoms with van der Waals surface area (Å²) in [6.07, 6.45) is 1.73. The lowest BCUT2D eigenvalue weighted by Crippen LogP contribution is -2.37. The van der Waals surface area contributed by atoms with E-state index in [1.165, 1.54) is 6.07 Å². The molecule has 0 aromatic heterocycles. The minimum Gasteiger partial charge on any atom is -0.352 e. The van der Waals surface area contributed by atoms with Crippen molar-refractivity contribution in [3.63, 3.8) is 0 Å². The fourth-order valence-electron chi connectivity index (χ4n) is 2.05. The van der Waals surface area contributed by atoms with E-state index in [1.807, 2.05) is 0 Å². The van der Waals surface area contributed by atoms with Crippen molar-refractivity contribution in [1.29, 1.82) is 0 Å². The molecule has 0 saturated carbocycles. The Balaban J connectivity index is 0.00000162. The Morgan fingerprint density at radius 2 is 2.00 bits per heavy atom. The van der Waals surface area contributed by atoms with Crippen molar-refractivity contribution in [2.24, 2.45) is 5.92 Å². The molecule has 1 fully saturated rings. The summed E-state index contributed by atoms with van der Waals surface area (Å²) in [5.74, 6) is -0.157. The summed E-state index contributed by atoms with van der Waals surface area (Å²) >= 11 is 0. The second-order valence-corrected chi connectivity index (χ2v) is 4.33. The number of halogens is 2. The van der Waals surface area contributed by atoms with Gasteiger partial charge in [-0.2, -0.15) is 0 Å². The summed E-state index contributed by atoms with van der Waals surface area (Å²) < 4.78 is 13.3. The van der Waals surface area contributed by atoms with E-state index < -0.39 is 0 Å². The Hall–Kier alpha value is -1.13. The molecule has 1 aliphatic heterocycles. The van der Waals surface area contributed by atoms with Gasteiger partial charge in [0.2, 0.25) is 5.91 Å². The zero-order valence-electron chi connectivity index (χ0n) is 10.1. The summed E-state index contributed by atoms with van der Waals surface area (Å²) in [6, 6.07) is 6.52. The third-order valence-corrected chi connectivity index (χ3v) is 3.12. The number of carbonyl (C=O) groups excluding carboxylic acids is 1. The zero-order valence-corrected chi connectivity index (χ0v) is 10.9.